The molecule has 0 saturated carbocycles. The van der Waals surface area contributed by atoms with Gasteiger partial charge in [0.25, 0.3) is 0 Å². The smallest absolute Gasteiger partial charge is 0.408 e. The Labute approximate surface area is 137 Å². The van der Waals surface area contributed by atoms with Crippen molar-refractivity contribution in [3.05, 3.63) is 34.3 Å². The summed E-state index contributed by atoms with van der Waals surface area (Å²) in [5.41, 5.74) is -0.124. The third-order valence-electron chi connectivity index (χ3n) is 2.40. The first-order valence-corrected chi connectivity index (χ1v) is 7.49. The van der Waals surface area contributed by atoms with Crippen molar-refractivity contribution in [3.63, 3.8) is 0 Å². The molecule has 0 radical (unpaired) electrons. The van der Waals surface area contributed by atoms with Crippen molar-refractivity contribution in [2.24, 2.45) is 0 Å². The number of ether oxygens (including phenoxy) is 1. The zero-order valence-corrected chi connectivity index (χ0v) is 14.3. The van der Waals surface area contributed by atoms with Crippen molar-refractivity contribution in [2.45, 2.75) is 26.4 Å². The SMILES string of the molecule is CC(C)(C)OC(=O)NCC(=O)NCC(=O)c1ccc(Br)cc1. The van der Waals surface area contributed by atoms with E-state index in [9.17, 15) is 14.4 Å². The molecule has 2 amide bonds. The summed E-state index contributed by atoms with van der Waals surface area (Å²) in [6.07, 6.45) is -0.679. The molecule has 120 valence electrons. The van der Waals surface area contributed by atoms with Crippen LogP contribution in [0.25, 0.3) is 0 Å². The molecule has 0 spiro atoms. The van der Waals surface area contributed by atoms with Gasteiger partial charge in [0.15, 0.2) is 5.78 Å². The van der Waals surface area contributed by atoms with Gasteiger partial charge in [-0.15, -0.1) is 0 Å². The molecule has 0 atom stereocenters. The van der Waals surface area contributed by atoms with Crippen LogP contribution in [-0.2, 0) is 9.53 Å². The average Bonchev–Trinajstić information content (AvgIpc) is 2.41. The lowest BCUT2D eigenvalue weighted by molar-refractivity contribution is -0.120. The highest BCUT2D eigenvalue weighted by Gasteiger charge is 2.16. The van der Waals surface area contributed by atoms with Crippen molar-refractivity contribution in [1.29, 1.82) is 0 Å². The lowest BCUT2D eigenvalue weighted by Crippen LogP contribution is -2.41. The maximum Gasteiger partial charge on any atom is 0.408 e. The van der Waals surface area contributed by atoms with Gasteiger partial charge in [-0.3, -0.25) is 9.59 Å². The Morgan fingerprint density at radius 1 is 1.05 bits per heavy atom. The second-order valence-electron chi connectivity index (χ2n) is 5.56. The number of amides is 2. The second kappa shape index (κ2) is 7.93. The fourth-order valence-electron chi connectivity index (χ4n) is 1.45. The standard InChI is InChI=1S/C15H19BrN2O4/c1-15(2,3)22-14(21)18-9-13(20)17-8-12(19)10-4-6-11(16)7-5-10/h4-7H,8-9H2,1-3H3,(H,17,20)(H,18,21). The topological polar surface area (TPSA) is 84.5 Å². The fourth-order valence-corrected chi connectivity index (χ4v) is 1.71. The summed E-state index contributed by atoms with van der Waals surface area (Å²) in [4.78, 5) is 34.8. The van der Waals surface area contributed by atoms with Crippen LogP contribution in [0.2, 0.25) is 0 Å². The van der Waals surface area contributed by atoms with Crippen molar-refractivity contribution in [1.82, 2.24) is 10.6 Å². The highest BCUT2D eigenvalue weighted by atomic mass is 79.9. The van der Waals surface area contributed by atoms with Gasteiger partial charge in [0.2, 0.25) is 5.91 Å². The van der Waals surface area contributed by atoms with E-state index in [0.29, 0.717) is 5.56 Å². The van der Waals surface area contributed by atoms with E-state index in [0.717, 1.165) is 4.47 Å². The maximum absolute atomic E-state index is 11.8. The van der Waals surface area contributed by atoms with E-state index < -0.39 is 17.6 Å². The number of rotatable bonds is 5. The molecular formula is C15H19BrN2O4. The molecule has 1 rings (SSSR count). The lowest BCUT2D eigenvalue weighted by Gasteiger charge is -2.19. The predicted octanol–water partition coefficient (Wildman–Crippen LogP) is 2.27. The number of benzene rings is 1. The molecule has 1 aromatic carbocycles. The first-order valence-electron chi connectivity index (χ1n) is 6.70. The fraction of sp³-hybridized carbons (Fsp3) is 0.400. The molecule has 0 heterocycles. The minimum atomic E-state index is -0.679. The number of ketones is 1. The minimum Gasteiger partial charge on any atom is -0.444 e. The van der Waals surface area contributed by atoms with Crippen molar-refractivity contribution < 1.29 is 19.1 Å². The number of halogens is 1. The number of nitrogens with one attached hydrogen (secondary N) is 2. The van der Waals surface area contributed by atoms with E-state index in [1.807, 2.05) is 0 Å². The Kier molecular flexibility index (Phi) is 6.55. The second-order valence-corrected chi connectivity index (χ2v) is 6.48. The summed E-state index contributed by atoms with van der Waals surface area (Å²) >= 11 is 3.28. The summed E-state index contributed by atoms with van der Waals surface area (Å²) in [7, 11) is 0. The van der Waals surface area contributed by atoms with Crippen LogP contribution in [0.4, 0.5) is 4.79 Å². The zero-order valence-electron chi connectivity index (χ0n) is 12.7. The molecule has 0 saturated heterocycles. The van der Waals surface area contributed by atoms with Crippen LogP contribution in [-0.4, -0.2) is 36.5 Å². The first-order chi connectivity index (χ1) is 10.2. The molecule has 0 bridgehead atoms. The van der Waals surface area contributed by atoms with Crippen molar-refractivity contribution in [3.8, 4) is 0 Å². The molecule has 0 aromatic heterocycles. The summed E-state index contributed by atoms with van der Waals surface area (Å²) in [5.74, 6) is -0.672. The van der Waals surface area contributed by atoms with Gasteiger partial charge in [-0.2, -0.15) is 0 Å². The molecule has 0 unspecified atom stereocenters. The predicted molar refractivity (Wildman–Crippen MR) is 85.7 cm³/mol. The maximum atomic E-state index is 11.8. The molecule has 7 heteroatoms. The molecule has 0 aliphatic heterocycles. The van der Waals surface area contributed by atoms with Gasteiger partial charge in [-0.05, 0) is 32.9 Å². The normalized spacial score (nSPS) is 10.7. The van der Waals surface area contributed by atoms with E-state index in [4.69, 9.17) is 4.74 Å². The Bertz CT molecular complexity index is 550. The summed E-state index contributed by atoms with van der Waals surface area (Å²) in [6, 6.07) is 6.83. The molecule has 0 fully saturated rings. The minimum absolute atomic E-state index is 0.129. The first kappa shape index (κ1) is 18.2. The van der Waals surface area contributed by atoms with Crippen LogP contribution in [0, 0.1) is 0 Å². The molecule has 1 aromatic rings. The summed E-state index contributed by atoms with van der Waals surface area (Å²) < 4.78 is 5.86. The molecule has 22 heavy (non-hydrogen) atoms. The zero-order chi connectivity index (χ0) is 16.8. The summed E-state index contributed by atoms with van der Waals surface area (Å²) in [6.45, 7) is 4.80. The third kappa shape index (κ3) is 7.21. The molecular weight excluding hydrogens is 352 g/mol. The molecule has 2 N–H and O–H groups in total. The van der Waals surface area contributed by atoms with Gasteiger partial charge in [-0.25, -0.2) is 4.79 Å². The van der Waals surface area contributed by atoms with Crippen LogP contribution in [0.5, 0.6) is 0 Å². The van der Waals surface area contributed by atoms with Crippen LogP contribution < -0.4 is 10.6 Å². The average molecular weight is 371 g/mol. The Morgan fingerprint density at radius 3 is 2.18 bits per heavy atom. The molecule has 0 aliphatic rings. The van der Waals surface area contributed by atoms with Crippen LogP contribution in [0.3, 0.4) is 0 Å². The number of carbonyl (C=O) groups is 3. The number of Topliss-reactive ketones (excluding diaryl/α,β-unsaturated/α-hetero) is 1. The van der Waals surface area contributed by atoms with Crippen LogP contribution in [0.1, 0.15) is 31.1 Å². The van der Waals surface area contributed by atoms with Gasteiger partial charge >= 0.3 is 6.09 Å². The Hall–Kier alpha value is -1.89. The Balaban J connectivity index is 2.32. The van der Waals surface area contributed by atoms with Gasteiger partial charge in [0.1, 0.15) is 12.1 Å². The third-order valence-corrected chi connectivity index (χ3v) is 2.93. The van der Waals surface area contributed by atoms with Gasteiger partial charge in [-0.1, -0.05) is 28.1 Å². The van der Waals surface area contributed by atoms with Crippen LogP contribution >= 0.6 is 15.9 Å². The monoisotopic (exact) mass is 370 g/mol. The van der Waals surface area contributed by atoms with Crippen molar-refractivity contribution >= 4 is 33.7 Å². The lowest BCUT2D eigenvalue weighted by atomic mass is 10.1. The van der Waals surface area contributed by atoms with Crippen LogP contribution in [0.15, 0.2) is 28.7 Å². The van der Waals surface area contributed by atoms with Gasteiger partial charge in [0.05, 0.1) is 6.54 Å². The highest BCUT2D eigenvalue weighted by Crippen LogP contribution is 2.10. The number of hydrogen-bond acceptors (Lipinski definition) is 4. The van der Waals surface area contributed by atoms with E-state index >= 15 is 0 Å². The van der Waals surface area contributed by atoms with E-state index in [1.54, 1.807) is 45.0 Å². The van der Waals surface area contributed by atoms with E-state index in [2.05, 4.69) is 26.6 Å². The van der Waals surface area contributed by atoms with E-state index in [-0.39, 0.29) is 18.9 Å². The molecule has 0 aliphatic carbocycles. The van der Waals surface area contributed by atoms with Gasteiger partial charge in [0, 0.05) is 10.0 Å². The molecule has 6 nitrogen and oxygen atoms in total. The quantitative estimate of drug-likeness (QED) is 0.778. The Morgan fingerprint density at radius 2 is 1.64 bits per heavy atom. The highest BCUT2D eigenvalue weighted by molar-refractivity contribution is 9.10. The number of alkyl carbamates (subject to hydrolysis) is 1. The number of carbonyl (C=O) groups excluding carboxylic acids is 3. The summed E-state index contributed by atoms with van der Waals surface area (Å²) in [5, 5.41) is 4.76. The van der Waals surface area contributed by atoms with E-state index in [1.165, 1.54) is 0 Å². The number of hydrogen-bond donors (Lipinski definition) is 2. The van der Waals surface area contributed by atoms with Gasteiger partial charge < -0.3 is 15.4 Å². The largest absolute Gasteiger partial charge is 0.444 e. The van der Waals surface area contributed by atoms with Crippen molar-refractivity contribution in [2.75, 3.05) is 13.1 Å².